The van der Waals surface area contributed by atoms with E-state index in [0.717, 1.165) is 5.56 Å². The van der Waals surface area contributed by atoms with Crippen LogP contribution in [0.25, 0.3) is 0 Å². The van der Waals surface area contributed by atoms with Crippen molar-refractivity contribution < 1.29 is 28.6 Å². The van der Waals surface area contributed by atoms with Crippen molar-refractivity contribution in [3.8, 4) is 0 Å². The third kappa shape index (κ3) is 12.1. The van der Waals surface area contributed by atoms with Gasteiger partial charge in [-0.15, -0.1) is 0 Å². The van der Waals surface area contributed by atoms with E-state index in [9.17, 15) is 14.4 Å². The summed E-state index contributed by atoms with van der Waals surface area (Å²) < 4.78 is 15.2. The Bertz CT molecular complexity index is 682. The highest BCUT2D eigenvalue weighted by Gasteiger charge is 2.18. The van der Waals surface area contributed by atoms with Gasteiger partial charge in [0.1, 0.15) is 12.2 Å². The summed E-state index contributed by atoms with van der Waals surface area (Å²) in [7, 11) is 0. The first-order chi connectivity index (χ1) is 13.7. The first-order valence-corrected chi connectivity index (χ1v) is 9.48. The highest BCUT2D eigenvalue weighted by Crippen LogP contribution is 2.07. The molecule has 0 aliphatic rings. The lowest BCUT2D eigenvalue weighted by molar-refractivity contribution is -0.137. The molecule has 160 valence electrons. The zero-order valence-electron chi connectivity index (χ0n) is 17.4. The number of esters is 1. The molecule has 0 heterocycles. The number of hydrogen-bond acceptors (Lipinski definition) is 6. The molecule has 1 aromatic carbocycles. The van der Waals surface area contributed by atoms with Crippen molar-refractivity contribution in [1.29, 1.82) is 0 Å². The van der Waals surface area contributed by atoms with Crippen LogP contribution in [0, 0.1) is 0 Å². The molecule has 1 unspecified atom stereocenters. The number of hydrogen-bond donors (Lipinski definition) is 2. The van der Waals surface area contributed by atoms with Crippen LogP contribution in [0.15, 0.2) is 42.5 Å². The summed E-state index contributed by atoms with van der Waals surface area (Å²) in [6.07, 6.45) is 1.87. The number of amides is 2. The fourth-order valence-corrected chi connectivity index (χ4v) is 2.16. The molecule has 1 aromatic rings. The van der Waals surface area contributed by atoms with E-state index < -0.39 is 29.8 Å². The Balaban J connectivity index is 2.51. The molecule has 1 atom stereocenters. The lowest BCUT2D eigenvalue weighted by atomic mass is 10.2. The molecule has 0 aliphatic carbocycles. The van der Waals surface area contributed by atoms with Crippen LogP contribution in [-0.4, -0.2) is 43.0 Å². The monoisotopic (exact) mass is 406 g/mol. The molecule has 0 aliphatic heterocycles. The van der Waals surface area contributed by atoms with E-state index in [4.69, 9.17) is 14.2 Å². The van der Waals surface area contributed by atoms with E-state index in [0.29, 0.717) is 6.42 Å². The number of alkyl carbamates (subject to hydrolysis) is 2. The zero-order valence-corrected chi connectivity index (χ0v) is 17.4. The van der Waals surface area contributed by atoms with Crippen molar-refractivity contribution in [1.82, 2.24) is 10.6 Å². The minimum absolute atomic E-state index is 0.162. The van der Waals surface area contributed by atoms with E-state index in [2.05, 4.69) is 10.6 Å². The Morgan fingerprint density at radius 3 is 2.38 bits per heavy atom. The highest BCUT2D eigenvalue weighted by atomic mass is 16.6. The Morgan fingerprint density at radius 1 is 1.07 bits per heavy atom. The molecular formula is C21H30N2O6. The van der Waals surface area contributed by atoms with Crippen molar-refractivity contribution in [3.05, 3.63) is 48.0 Å². The van der Waals surface area contributed by atoms with Crippen LogP contribution in [0.2, 0.25) is 0 Å². The predicted molar refractivity (Wildman–Crippen MR) is 108 cm³/mol. The molecule has 2 amide bonds. The summed E-state index contributed by atoms with van der Waals surface area (Å²) in [5.41, 5.74) is 0.225. The second-order valence-corrected chi connectivity index (χ2v) is 7.14. The maximum atomic E-state index is 12.0. The summed E-state index contributed by atoms with van der Waals surface area (Å²) >= 11 is 0. The Morgan fingerprint density at radius 2 is 1.76 bits per heavy atom. The minimum atomic E-state index is -0.654. The van der Waals surface area contributed by atoms with Gasteiger partial charge in [0, 0.05) is 12.6 Å². The largest absolute Gasteiger partial charge is 0.463 e. The zero-order chi connectivity index (χ0) is 21.7. The molecule has 0 bridgehead atoms. The highest BCUT2D eigenvalue weighted by molar-refractivity contribution is 5.82. The van der Waals surface area contributed by atoms with Gasteiger partial charge in [0.2, 0.25) is 0 Å². The average molecular weight is 406 g/mol. The topological polar surface area (TPSA) is 103 Å². The molecule has 2 N–H and O–H groups in total. The second-order valence-electron chi connectivity index (χ2n) is 7.14. The fourth-order valence-electron chi connectivity index (χ4n) is 2.16. The normalized spacial score (nSPS) is 12.1. The standard InChI is InChI=1S/C21H30N2O6/c1-5-27-18(24)12-11-17(23-20(26)29-21(2,3)4)13-14-22-19(25)28-15-16-9-7-6-8-10-16/h6-12,17H,5,13-15H2,1-4H3,(H,22,25)(H,23,26)/b12-11+. The van der Waals surface area contributed by atoms with Crippen molar-refractivity contribution in [2.45, 2.75) is 52.4 Å². The van der Waals surface area contributed by atoms with E-state index >= 15 is 0 Å². The minimum Gasteiger partial charge on any atom is -0.463 e. The molecule has 0 saturated carbocycles. The van der Waals surface area contributed by atoms with Gasteiger partial charge in [-0.1, -0.05) is 36.4 Å². The van der Waals surface area contributed by atoms with Crippen LogP contribution in [0.5, 0.6) is 0 Å². The fraction of sp³-hybridized carbons (Fsp3) is 0.476. The smallest absolute Gasteiger partial charge is 0.408 e. The van der Waals surface area contributed by atoms with Gasteiger partial charge >= 0.3 is 18.2 Å². The van der Waals surface area contributed by atoms with Gasteiger partial charge in [-0.2, -0.15) is 0 Å². The van der Waals surface area contributed by atoms with Crippen molar-refractivity contribution in [2.24, 2.45) is 0 Å². The Kier molecular flexibility index (Phi) is 10.3. The van der Waals surface area contributed by atoms with E-state index in [1.165, 1.54) is 12.2 Å². The molecule has 8 nitrogen and oxygen atoms in total. The van der Waals surface area contributed by atoms with Gasteiger partial charge in [-0.3, -0.25) is 0 Å². The van der Waals surface area contributed by atoms with Gasteiger partial charge in [-0.05, 0) is 39.7 Å². The summed E-state index contributed by atoms with van der Waals surface area (Å²) in [6.45, 7) is 7.59. The number of rotatable bonds is 9. The van der Waals surface area contributed by atoms with Crippen LogP contribution in [0.3, 0.4) is 0 Å². The molecule has 29 heavy (non-hydrogen) atoms. The number of nitrogens with one attached hydrogen (secondary N) is 2. The lowest BCUT2D eigenvalue weighted by Crippen LogP contribution is -2.40. The number of carbonyl (C=O) groups is 3. The molecule has 8 heteroatoms. The van der Waals surface area contributed by atoms with Crippen molar-refractivity contribution in [3.63, 3.8) is 0 Å². The van der Waals surface area contributed by atoms with Gasteiger partial charge in [0.25, 0.3) is 0 Å². The third-order valence-electron chi connectivity index (χ3n) is 3.39. The molecule has 0 radical (unpaired) electrons. The van der Waals surface area contributed by atoms with Crippen LogP contribution in [-0.2, 0) is 25.6 Å². The van der Waals surface area contributed by atoms with Gasteiger partial charge < -0.3 is 24.8 Å². The van der Waals surface area contributed by atoms with E-state index in [1.807, 2.05) is 30.3 Å². The first kappa shape index (κ1) is 24.0. The van der Waals surface area contributed by atoms with Crippen molar-refractivity contribution >= 4 is 18.2 Å². The Labute approximate surface area is 171 Å². The Hall–Kier alpha value is -3.03. The van der Waals surface area contributed by atoms with Crippen LogP contribution in [0.4, 0.5) is 9.59 Å². The van der Waals surface area contributed by atoms with Gasteiger partial charge in [-0.25, -0.2) is 14.4 Å². The summed E-state index contributed by atoms with van der Waals surface area (Å²) in [5, 5.41) is 5.27. The van der Waals surface area contributed by atoms with Crippen LogP contribution in [0.1, 0.15) is 39.7 Å². The predicted octanol–water partition coefficient (Wildman–Crippen LogP) is 3.32. The maximum Gasteiger partial charge on any atom is 0.408 e. The molecule has 0 saturated heterocycles. The SMILES string of the molecule is CCOC(=O)/C=C/C(CCNC(=O)OCc1ccccc1)NC(=O)OC(C)(C)C. The molecular weight excluding hydrogens is 376 g/mol. The van der Waals surface area contributed by atoms with E-state index in [1.54, 1.807) is 27.7 Å². The van der Waals surface area contributed by atoms with E-state index in [-0.39, 0.29) is 19.8 Å². The lowest BCUT2D eigenvalue weighted by Gasteiger charge is -2.22. The van der Waals surface area contributed by atoms with Crippen molar-refractivity contribution in [2.75, 3.05) is 13.2 Å². The quantitative estimate of drug-likeness (QED) is 0.370. The summed E-state index contributed by atoms with van der Waals surface area (Å²) in [6, 6.07) is 8.77. The second kappa shape index (κ2) is 12.4. The molecule has 1 rings (SSSR count). The van der Waals surface area contributed by atoms with Crippen LogP contribution < -0.4 is 10.6 Å². The number of ether oxygens (including phenoxy) is 3. The summed E-state index contributed by atoms with van der Waals surface area (Å²) in [5.74, 6) is -0.515. The molecule has 0 fully saturated rings. The first-order valence-electron chi connectivity index (χ1n) is 9.48. The van der Waals surface area contributed by atoms with Gasteiger partial charge in [0.15, 0.2) is 0 Å². The maximum absolute atomic E-state index is 12.0. The third-order valence-corrected chi connectivity index (χ3v) is 3.39. The number of carbonyl (C=O) groups excluding carboxylic acids is 3. The molecule has 0 aromatic heterocycles. The molecule has 0 spiro atoms. The van der Waals surface area contributed by atoms with Crippen LogP contribution >= 0.6 is 0 Å². The summed E-state index contributed by atoms with van der Waals surface area (Å²) in [4.78, 5) is 35.3. The van der Waals surface area contributed by atoms with Gasteiger partial charge in [0.05, 0.1) is 12.6 Å². The number of benzene rings is 1. The average Bonchev–Trinajstić information content (AvgIpc) is 2.64.